The largest absolute Gasteiger partial charge is 0.497 e. The van der Waals surface area contributed by atoms with Crippen LogP contribution in [0.4, 0.5) is 0 Å². The van der Waals surface area contributed by atoms with Crippen molar-refractivity contribution in [2.75, 3.05) is 7.11 Å². The molecule has 21 heavy (non-hydrogen) atoms. The summed E-state index contributed by atoms with van der Waals surface area (Å²) in [6.45, 7) is 0.447. The Morgan fingerprint density at radius 1 is 1.24 bits per heavy atom. The van der Waals surface area contributed by atoms with Gasteiger partial charge in [-0.3, -0.25) is 0 Å². The lowest BCUT2D eigenvalue weighted by molar-refractivity contribution is 0.398. The molecule has 1 aliphatic rings. The van der Waals surface area contributed by atoms with Crippen LogP contribution in [-0.4, -0.2) is 25.9 Å². The van der Waals surface area contributed by atoms with Crippen molar-refractivity contribution < 1.29 is 13.2 Å². The Bertz CT molecular complexity index is 689. The summed E-state index contributed by atoms with van der Waals surface area (Å²) in [5.41, 5.74) is 1.05. The van der Waals surface area contributed by atoms with Crippen LogP contribution in [-0.2, 0) is 16.6 Å². The van der Waals surface area contributed by atoms with E-state index in [1.807, 2.05) is 16.8 Å². The topological polar surface area (TPSA) is 46.6 Å². The van der Waals surface area contributed by atoms with Crippen LogP contribution in [0.5, 0.6) is 5.75 Å². The Morgan fingerprint density at radius 3 is 2.48 bits per heavy atom. The summed E-state index contributed by atoms with van der Waals surface area (Å²) in [7, 11) is -1.89. The highest BCUT2D eigenvalue weighted by molar-refractivity contribution is 7.89. The molecule has 1 saturated carbocycles. The third kappa shape index (κ3) is 3.12. The predicted molar refractivity (Wildman–Crippen MR) is 83.1 cm³/mol. The summed E-state index contributed by atoms with van der Waals surface area (Å²) in [5, 5.41) is 3.97. The van der Waals surface area contributed by atoms with Crippen molar-refractivity contribution in [3.8, 4) is 5.75 Å². The molecule has 0 unspecified atom stereocenters. The first-order chi connectivity index (χ1) is 10.1. The Morgan fingerprint density at radius 2 is 1.95 bits per heavy atom. The van der Waals surface area contributed by atoms with E-state index >= 15 is 0 Å². The van der Waals surface area contributed by atoms with Crippen LogP contribution in [0.25, 0.3) is 0 Å². The number of methoxy groups -OCH3 is 1. The van der Waals surface area contributed by atoms with Gasteiger partial charge in [-0.25, -0.2) is 8.42 Å². The molecule has 2 aromatic rings. The van der Waals surface area contributed by atoms with Crippen LogP contribution in [0.1, 0.15) is 18.4 Å². The lowest BCUT2D eigenvalue weighted by atomic mass is 10.3. The molecule has 0 N–H and O–H groups in total. The van der Waals surface area contributed by atoms with Gasteiger partial charge < -0.3 is 4.74 Å². The Labute approximate surface area is 129 Å². The zero-order chi connectivity index (χ0) is 14.9. The van der Waals surface area contributed by atoms with Crippen LogP contribution in [0, 0.1) is 0 Å². The molecule has 0 atom stereocenters. The minimum Gasteiger partial charge on any atom is -0.497 e. The number of sulfonamides is 1. The maximum atomic E-state index is 12.8. The Balaban J connectivity index is 1.89. The standard InChI is InChI=1S/C15H17NO3S2/c1-19-14-4-6-15(7-5-14)21(17,18)16(13-2-3-13)10-12-8-9-20-11-12/h4-9,11,13H,2-3,10H2,1H3. The summed E-state index contributed by atoms with van der Waals surface area (Å²) in [5.74, 6) is 0.657. The number of hydrogen-bond donors (Lipinski definition) is 0. The first kappa shape index (κ1) is 14.6. The zero-order valence-corrected chi connectivity index (χ0v) is 13.4. The Hall–Kier alpha value is -1.37. The van der Waals surface area contributed by atoms with Crippen molar-refractivity contribution in [2.45, 2.75) is 30.3 Å². The molecule has 0 spiro atoms. The second kappa shape index (κ2) is 5.79. The van der Waals surface area contributed by atoms with E-state index in [0.29, 0.717) is 17.2 Å². The van der Waals surface area contributed by atoms with Gasteiger partial charge in [0.1, 0.15) is 5.75 Å². The molecule has 0 saturated heterocycles. The van der Waals surface area contributed by atoms with Gasteiger partial charge in [-0.1, -0.05) is 0 Å². The van der Waals surface area contributed by atoms with E-state index in [-0.39, 0.29) is 6.04 Å². The van der Waals surface area contributed by atoms with Gasteiger partial charge in [-0.05, 0) is 59.5 Å². The quantitative estimate of drug-likeness (QED) is 0.820. The van der Waals surface area contributed by atoms with E-state index in [1.165, 1.54) is 0 Å². The molecule has 112 valence electrons. The number of ether oxygens (including phenoxy) is 1. The lowest BCUT2D eigenvalue weighted by Crippen LogP contribution is -2.32. The number of rotatable bonds is 6. The molecule has 4 nitrogen and oxygen atoms in total. The van der Waals surface area contributed by atoms with E-state index in [4.69, 9.17) is 4.74 Å². The zero-order valence-electron chi connectivity index (χ0n) is 11.7. The van der Waals surface area contributed by atoms with Crippen molar-refractivity contribution in [3.05, 3.63) is 46.7 Å². The summed E-state index contributed by atoms with van der Waals surface area (Å²) in [6, 6.07) is 8.69. The summed E-state index contributed by atoms with van der Waals surface area (Å²) < 4.78 is 32.4. The SMILES string of the molecule is COc1ccc(S(=O)(=O)N(Cc2ccsc2)C2CC2)cc1. The van der Waals surface area contributed by atoms with Gasteiger partial charge in [0.2, 0.25) is 10.0 Å². The second-order valence-corrected chi connectivity index (χ2v) is 7.76. The molecule has 1 heterocycles. The van der Waals surface area contributed by atoms with Gasteiger partial charge in [0, 0.05) is 12.6 Å². The monoisotopic (exact) mass is 323 g/mol. The second-order valence-electron chi connectivity index (χ2n) is 5.09. The average Bonchev–Trinajstić information content (AvgIpc) is 3.20. The van der Waals surface area contributed by atoms with E-state index in [9.17, 15) is 8.42 Å². The normalized spacial score (nSPS) is 15.3. The van der Waals surface area contributed by atoms with Gasteiger partial charge >= 0.3 is 0 Å². The number of benzene rings is 1. The first-order valence-corrected chi connectivity index (χ1v) is 9.16. The molecule has 0 radical (unpaired) electrons. The predicted octanol–water partition coefficient (Wildman–Crippen LogP) is 3.11. The van der Waals surface area contributed by atoms with Crippen LogP contribution < -0.4 is 4.74 Å². The number of nitrogens with zero attached hydrogens (tertiary/aromatic N) is 1. The number of hydrogen-bond acceptors (Lipinski definition) is 4. The van der Waals surface area contributed by atoms with Gasteiger partial charge in [-0.15, -0.1) is 0 Å². The third-order valence-corrected chi connectivity index (χ3v) is 6.18. The highest BCUT2D eigenvalue weighted by atomic mass is 32.2. The molecule has 0 amide bonds. The third-order valence-electron chi connectivity index (χ3n) is 3.54. The van der Waals surface area contributed by atoms with Crippen molar-refractivity contribution in [2.24, 2.45) is 0 Å². The molecule has 1 aromatic heterocycles. The van der Waals surface area contributed by atoms with Crippen LogP contribution in [0.3, 0.4) is 0 Å². The Kier molecular flexibility index (Phi) is 4.01. The maximum Gasteiger partial charge on any atom is 0.243 e. The fourth-order valence-electron chi connectivity index (χ4n) is 2.22. The number of thiophene rings is 1. The summed E-state index contributed by atoms with van der Waals surface area (Å²) in [6.07, 6.45) is 1.89. The van der Waals surface area contributed by atoms with E-state index in [0.717, 1.165) is 18.4 Å². The minimum atomic E-state index is -3.46. The van der Waals surface area contributed by atoms with E-state index < -0.39 is 10.0 Å². The molecule has 0 aliphatic heterocycles. The van der Waals surface area contributed by atoms with Gasteiger partial charge in [0.25, 0.3) is 0 Å². The average molecular weight is 323 g/mol. The van der Waals surface area contributed by atoms with Crippen LogP contribution in [0.15, 0.2) is 46.0 Å². The van der Waals surface area contributed by atoms with Gasteiger partial charge in [0.15, 0.2) is 0 Å². The highest BCUT2D eigenvalue weighted by Gasteiger charge is 2.38. The molecule has 6 heteroatoms. The first-order valence-electron chi connectivity index (χ1n) is 6.78. The van der Waals surface area contributed by atoms with Gasteiger partial charge in [-0.2, -0.15) is 15.6 Å². The fraction of sp³-hybridized carbons (Fsp3) is 0.333. The van der Waals surface area contributed by atoms with Crippen LogP contribution in [0.2, 0.25) is 0 Å². The smallest absolute Gasteiger partial charge is 0.243 e. The molecule has 0 bridgehead atoms. The van der Waals surface area contributed by atoms with Crippen molar-refractivity contribution in [1.82, 2.24) is 4.31 Å². The van der Waals surface area contributed by atoms with E-state index in [1.54, 1.807) is 47.0 Å². The van der Waals surface area contributed by atoms with Crippen molar-refractivity contribution in [3.63, 3.8) is 0 Å². The highest BCUT2D eigenvalue weighted by Crippen LogP contribution is 2.34. The van der Waals surface area contributed by atoms with Crippen molar-refractivity contribution in [1.29, 1.82) is 0 Å². The molecular weight excluding hydrogens is 306 g/mol. The maximum absolute atomic E-state index is 12.8. The summed E-state index contributed by atoms with van der Waals surface area (Å²) in [4.78, 5) is 0.324. The molecule has 1 aliphatic carbocycles. The molecule has 3 rings (SSSR count). The molecule has 1 fully saturated rings. The minimum absolute atomic E-state index is 0.136. The fourth-order valence-corrected chi connectivity index (χ4v) is 4.55. The van der Waals surface area contributed by atoms with E-state index in [2.05, 4.69) is 0 Å². The molecular formula is C15H17NO3S2. The van der Waals surface area contributed by atoms with Crippen molar-refractivity contribution >= 4 is 21.4 Å². The molecule has 1 aromatic carbocycles. The van der Waals surface area contributed by atoms with Crippen LogP contribution >= 0.6 is 11.3 Å². The van der Waals surface area contributed by atoms with Gasteiger partial charge in [0.05, 0.1) is 12.0 Å². The lowest BCUT2D eigenvalue weighted by Gasteiger charge is -2.21. The summed E-state index contributed by atoms with van der Waals surface area (Å²) >= 11 is 1.59.